The molecule has 1 aliphatic heterocycles. The average Bonchev–Trinajstić information content (AvgIpc) is 3.56. The summed E-state index contributed by atoms with van der Waals surface area (Å²) in [5.74, 6) is 2.07. The molecular formula is C23H25N3O4S. The Labute approximate surface area is 185 Å². The second-order valence-corrected chi connectivity index (χ2v) is 8.19. The van der Waals surface area contributed by atoms with Crippen LogP contribution in [-0.4, -0.2) is 37.4 Å². The minimum atomic E-state index is -0.129. The first kappa shape index (κ1) is 21.1. The summed E-state index contributed by atoms with van der Waals surface area (Å²) in [4.78, 5) is 14.3. The van der Waals surface area contributed by atoms with Crippen LogP contribution in [0.2, 0.25) is 0 Å². The van der Waals surface area contributed by atoms with E-state index in [9.17, 15) is 4.79 Å². The Balaban J connectivity index is 1.50. The molecule has 0 bridgehead atoms. The molecule has 0 aliphatic carbocycles. The summed E-state index contributed by atoms with van der Waals surface area (Å²) in [6.45, 7) is 2.13. The summed E-state index contributed by atoms with van der Waals surface area (Å²) in [6, 6.07) is 13.1. The summed E-state index contributed by atoms with van der Waals surface area (Å²) in [5, 5.41) is 11.5. The molecule has 2 aromatic heterocycles. The minimum absolute atomic E-state index is 0.103. The predicted octanol–water partition coefficient (Wildman–Crippen LogP) is 4.39. The van der Waals surface area contributed by atoms with Crippen molar-refractivity contribution in [1.29, 1.82) is 0 Å². The average molecular weight is 440 g/mol. The Morgan fingerprint density at radius 1 is 1.29 bits per heavy atom. The highest BCUT2D eigenvalue weighted by atomic mass is 32.1. The predicted molar refractivity (Wildman–Crippen MR) is 120 cm³/mol. The number of benzene rings is 1. The summed E-state index contributed by atoms with van der Waals surface area (Å²) in [5.41, 5.74) is 1.70. The van der Waals surface area contributed by atoms with Gasteiger partial charge in [-0.15, -0.1) is 11.3 Å². The Kier molecular flexibility index (Phi) is 6.39. The fraction of sp³-hybridized carbons (Fsp3) is 0.304. The highest BCUT2D eigenvalue weighted by molar-refractivity contribution is 7.10. The third kappa shape index (κ3) is 4.50. The number of nitrogens with zero attached hydrogens (tertiary/aromatic N) is 2. The van der Waals surface area contributed by atoms with Gasteiger partial charge in [0.1, 0.15) is 23.0 Å². The van der Waals surface area contributed by atoms with Crippen molar-refractivity contribution in [2.24, 2.45) is 5.10 Å². The van der Waals surface area contributed by atoms with Gasteiger partial charge in [-0.25, -0.2) is 5.01 Å². The van der Waals surface area contributed by atoms with Gasteiger partial charge < -0.3 is 19.2 Å². The van der Waals surface area contributed by atoms with Gasteiger partial charge in [-0.3, -0.25) is 4.79 Å². The Morgan fingerprint density at radius 3 is 2.84 bits per heavy atom. The van der Waals surface area contributed by atoms with Gasteiger partial charge in [-0.2, -0.15) is 5.10 Å². The molecule has 7 nitrogen and oxygen atoms in total. The molecule has 1 aromatic carbocycles. The molecule has 2 unspecified atom stereocenters. The van der Waals surface area contributed by atoms with E-state index in [2.05, 4.69) is 10.4 Å². The van der Waals surface area contributed by atoms with Gasteiger partial charge in [0.15, 0.2) is 0 Å². The molecule has 0 radical (unpaired) electrons. The van der Waals surface area contributed by atoms with E-state index in [1.165, 1.54) is 0 Å². The lowest BCUT2D eigenvalue weighted by Crippen LogP contribution is -2.36. The van der Waals surface area contributed by atoms with Gasteiger partial charge in [0.2, 0.25) is 0 Å². The maximum Gasteiger partial charge on any atom is 0.257 e. The van der Waals surface area contributed by atoms with E-state index in [0.717, 1.165) is 27.7 Å². The standard InChI is InChI=1S/C23H25N3O4S/c1-15(17-12-16(28-2)8-9-20(17)29-3)24-14-23(27)26-19(22-7-5-11-31-22)13-18(25-26)21-6-4-10-30-21/h4-12,15,19,24H,13-14H2,1-3H3. The molecule has 31 heavy (non-hydrogen) atoms. The molecular weight excluding hydrogens is 414 g/mol. The van der Waals surface area contributed by atoms with Crippen LogP contribution in [0.3, 0.4) is 0 Å². The summed E-state index contributed by atoms with van der Waals surface area (Å²) >= 11 is 1.62. The topological polar surface area (TPSA) is 76.3 Å². The van der Waals surface area contributed by atoms with E-state index >= 15 is 0 Å². The molecule has 4 rings (SSSR count). The third-order valence-corrected chi connectivity index (χ3v) is 6.28. The molecule has 3 aromatic rings. The van der Waals surface area contributed by atoms with Gasteiger partial charge in [-0.1, -0.05) is 6.07 Å². The number of carbonyl (C=O) groups excluding carboxylic acids is 1. The van der Waals surface area contributed by atoms with Crippen molar-refractivity contribution in [1.82, 2.24) is 10.3 Å². The van der Waals surface area contributed by atoms with E-state index in [1.54, 1.807) is 36.8 Å². The van der Waals surface area contributed by atoms with Crippen molar-refractivity contribution < 1.29 is 18.7 Å². The van der Waals surface area contributed by atoms with Crippen molar-refractivity contribution in [3.63, 3.8) is 0 Å². The van der Waals surface area contributed by atoms with Crippen molar-refractivity contribution in [3.8, 4) is 11.5 Å². The molecule has 0 saturated heterocycles. The van der Waals surface area contributed by atoms with Crippen LogP contribution in [0.15, 0.2) is 63.6 Å². The number of amides is 1. The van der Waals surface area contributed by atoms with Gasteiger partial charge >= 0.3 is 0 Å². The zero-order chi connectivity index (χ0) is 21.8. The lowest BCUT2D eigenvalue weighted by atomic mass is 10.1. The number of hydrogen-bond donors (Lipinski definition) is 1. The van der Waals surface area contributed by atoms with E-state index in [0.29, 0.717) is 12.2 Å². The van der Waals surface area contributed by atoms with Crippen LogP contribution < -0.4 is 14.8 Å². The number of hydrazone groups is 1. The molecule has 3 heterocycles. The number of methoxy groups -OCH3 is 2. The maximum absolute atomic E-state index is 13.2. The molecule has 0 fully saturated rings. The monoisotopic (exact) mass is 439 g/mol. The van der Waals surface area contributed by atoms with Crippen LogP contribution in [-0.2, 0) is 4.79 Å². The SMILES string of the molecule is COc1ccc(OC)c(C(C)NCC(=O)N2N=C(c3ccco3)CC2c2cccs2)c1. The summed E-state index contributed by atoms with van der Waals surface area (Å²) in [7, 11) is 3.25. The molecule has 1 amide bonds. The van der Waals surface area contributed by atoms with Crippen molar-refractivity contribution in [2.45, 2.75) is 25.4 Å². The van der Waals surface area contributed by atoms with Gasteiger partial charge in [-0.05, 0) is 48.7 Å². The van der Waals surface area contributed by atoms with E-state index in [-0.39, 0.29) is 24.5 Å². The van der Waals surface area contributed by atoms with Crippen LogP contribution in [0, 0.1) is 0 Å². The summed E-state index contributed by atoms with van der Waals surface area (Å²) in [6.07, 6.45) is 2.24. The smallest absolute Gasteiger partial charge is 0.257 e. The molecule has 2 atom stereocenters. The Bertz CT molecular complexity index is 1050. The van der Waals surface area contributed by atoms with Crippen molar-refractivity contribution >= 4 is 23.0 Å². The van der Waals surface area contributed by atoms with Crippen LogP contribution in [0.4, 0.5) is 0 Å². The molecule has 0 spiro atoms. The van der Waals surface area contributed by atoms with Crippen LogP contribution in [0.1, 0.15) is 41.6 Å². The van der Waals surface area contributed by atoms with Gasteiger partial charge in [0, 0.05) is 22.9 Å². The van der Waals surface area contributed by atoms with Crippen LogP contribution >= 0.6 is 11.3 Å². The molecule has 162 valence electrons. The minimum Gasteiger partial charge on any atom is -0.497 e. The second-order valence-electron chi connectivity index (χ2n) is 7.21. The summed E-state index contributed by atoms with van der Waals surface area (Å²) < 4.78 is 16.3. The Hall–Kier alpha value is -3.10. The fourth-order valence-electron chi connectivity index (χ4n) is 3.64. The number of hydrogen-bond acceptors (Lipinski definition) is 7. The lowest BCUT2D eigenvalue weighted by Gasteiger charge is -2.23. The first-order valence-electron chi connectivity index (χ1n) is 10.0. The van der Waals surface area contributed by atoms with Gasteiger partial charge in [0.25, 0.3) is 5.91 Å². The number of thiophene rings is 1. The first-order chi connectivity index (χ1) is 15.1. The third-order valence-electron chi connectivity index (χ3n) is 5.31. The van der Waals surface area contributed by atoms with E-state index in [1.807, 2.05) is 54.8 Å². The lowest BCUT2D eigenvalue weighted by molar-refractivity contribution is -0.132. The number of carbonyl (C=O) groups is 1. The molecule has 1 N–H and O–H groups in total. The van der Waals surface area contributed by atoms with Crippen molar-refractivity contribution in [2.75, 3.05) is 20.8 Å². The molecule has 8 heteroatoms. The largest absolute Gasteiger partial charge is 0.497 e. The van der Waals surface area contributed by atoms with Crippen LogP contribution in [0.5, 0.6) is 11.5 Å². The molecule has 1 aliphatic rings. The quantitative estimate of drug-likeness (QED) is 0.563. The maximum atomic E-state index is 13.2. The van der Waals surface area contributed by atoms with E-state index < -0.39 is 0 Å². The zero-order valence-corrected chi connectivity index (χ0v) is 18.5. The second kappa shape index (κ2) is 9.36. The Morgan fingerprint density at radius 2 is 2.16 bits per heavy atom. The van der Waals surface area contributed by atoms with Crippen molar-refractivity contribution in [3.05, 3.63) is 70.3 Å². The number of furan rings is 1. The van der Waals surface area contributed by atoms with E-state index in [4.69, 9.17) is 13.9 Å². The number of nitrogens with one attached hydrogen (secondary N) is 1. The highest BCUT2D eigenvalue weighted by Crippen LogP contribution is 2.35. The molecule has 0 saturated carbocycles. The van der Waals surface area contributed by atoms with Gasteiger partial charge in [0.05, 0.1) is 33.1 Å². The highest BCUT2D eigenvalue weighted by Gasteiger charge is 2.34. The van der Waals surface area contributed by atoms with Crippen LogP contribution in [0.25, 0.3) is 0 Å². The normalized spacial score (nSPS) is 16.8. The first-order valence-corrected chi connectivity index (χ1v) is 10.9. The number of rotatable bonds is 8. The fourth-order valence-corrected chi connectivity index (χ4v) is 4.46. The zero-order valence-electron chi connectivity index (χ0n) is 17.7. The number of ether oxygens (including phenoxy) is 2.